The Labute approximate surface area is 155 Å². The van der Waals surface area contributed by atoms with Gasteiger partial charge >= 0.3 is 0 Å². The fourth-order valence-corrected chi connectivity index (χ4v) is 2.87. The van der Waals surface area contributed by atoms with Gasteiger partial charge in [0.1, 0.15) is 29.8 Å². The van der Waals surface area contributed by atoms with Crippen LogP contribution in [0.25, 0.3) is 16.9 Å². The van der Waals surface area contributed by atoms with Crippen LogP contribution < -0.4 is 4.90 Å². The van der Waals surface area contributed by atoms with Crippen LogP contribution in [-0.4, -0.2) is 26.1 Å². The van der Waals surface area contributed by atoms with Crippen LogP contribution in [0.5, 0.6) is 0 Å². The number of allylic oxidation sites excluding steroid dienone is 1. The van der Waals surface area contributed by atoms with Gasteiger partial charge < -0.3 is 4.90 Å². The summed E-state index contributed by atoms with van der Waals surface area (Å²) in [6, 6.07) is 4.18. The number of nitriles is 1. The molecule has 0 atom stereocenters. The molecular formula is C19H18F2N6. The van der Waals surface area contributed by atoms with Crippen LogP contribution in [0, 0.1) is 29.9 Å². The van der Waals surface area contributed by atoms with E-state index < -0.39 is 11.6 Å². The summed E-state index contributed by atoms with van der Waals surface area (Å²) in [6.45, 7) is 7.73. The van der Waals surface area contributed by atoms with E-state index in [-0.39, 0.29) is 28.2 Å². The van der Waals surface area contributed by atoms with Crippen LogP contribution in [0.15, 0.2) is 30.2 Å². The molecule has 0 fully saturated rings. The first-order valence-electron chi connectivity index (χ1n) is 8.38. The second-order valence-electron chi connectivity index (χ2n) is 6.32. The molecule has 0 aliphatic carbocycles. The Morgan fingerprint density at radius 2 is 2.04 bits per heavy atom. The number of anilines is 1. The normalized spacial score (nSPS) is 10.7. The molecule has 0 radical (unpaired) electrons. The highest BCUT2D eigenvalue weighted by molar-refractivity contribution is 5.82. The highest BCUT2D eigenvalue weighted by Crippen LogP contribution is 2.36. The number of fused-ring (bicyclic) bond motifs is 1. The summed E-state index contributed by atoms with van der Waals surface area (Å²) in [7, 11) is 0. The van der Waals surface area contributed by atoms with Crippen molar-refractivity contribution in [2.24, 2.45) is 0 Å². The molecule has 0 saturated heterocycles. The lowest BCUT2D eigenvalue weighted by Gasteiger charge is -2.23. The molecule has 3 aromatic rings. The summed E-state index contributed by atoms with van der Waals surface area (Å²) in [5.74, 6) is -0.592. The maximum atomic E-state index is 14.8. The molecule has 2 heterocycles. The summed E-state index contributed by atoms with van der Waals surface area (Å²) in [6.07, 6.45) is 3.16. The predicted octanol–water partition coefficient (Wildman–Crippen LogP) is 4.00. The Kier molecular flexibility index (Phi) is 4.86. The van der Waals surface area contributed by atoms with Crippen LogP contribution in [0.4, 0.5) is 14.6 Å². The minimum Gasteiger partial charge on any atom is -0.333 e. The molecule has 0 aliphatic rings. The van der Waals surface area contributed by atoms with E-state index in [1.165, 1.54) is 17.8 Å². The SMILES string of the molecule is CCN(C=C(C)C)c1c(-c2cc(F)c(C)cc2F)c(C#N)nc2ncnn12. The summed E-state index contributed by atoms with van der Waals surface area (Å²) < 4.78 is 30.4. The van der Waals surface area contributed by atoms with Crippen LogP contribution in [0.1, 0.15) is 32.0 Å². The lowest BCUT2D eigenvalue weighted by atomic mass is 10.0. The fraction of sp³-hybridized carbons (Fsp3) is 0.263. The molecule has 0 aliphatic heterocycles. The van der Waals surface area contributed by atoms with Gasteiger partial charge in [0.25, 0.3) is 5.78 Å². The number of hydrogen-bond acceptors (Lipinski definition) is 5. The summed E-state index contributed by atoms with van der Waals surface area (Å²) >= 11 is 0. The Morgan fingerprint density at radius 1 is 1.30 bits per heavy atom. The molecule has 138 valence electrons. The Bertz CT molecular complexity index is 1090. The van der Waals surface area contributed by atoms with Gasteiger partial charge in [0, 0.05) is 18.3 Å². The summed E-state index contributed by atoms with van der Waals surface area (Å²) in [5, 5.41) is 13.8. The van der Waals surface area contributed by atoms with Gasteiger partial charge in [-0.2, -0.15) is 24.8 Å². The predicted molar refractivity (Wildman–Crippen MR) is 98.0 cm³/mol. The number of halogens is 2. The Hall–Kier alpha value is -3.34. The van der Waals surface area contributed by atoms with Crippen molar-refractivity contribution in [3.63, 3.8) is 0 Å². The van der Waals surface area contributed by atoms with E-state index in [9.17, 15) is 14.0 Å². The van der Waals surface area contributed by atoms with E-state index >= 15 is 0 Å². The molecule has 0 saturated carbocycles. The molecule has 0 amide bonds. The van der Waals surface area contributed by atoms with E-state index in [0.29, 0.717) is 12.4 Å². The molecule has 0 spiro atoms. The Balaban J connectivity index is 2.48. The molecule has 2 aromatic heterocycles. The van der Waals surface area contributed by atoms with Gasteiger partial charge in [-0.3, -0.25) is 0 Å². The van der Waals surface area contributed by atoms with Crippen LogP contribution in [-0.2, 0) is 0 Å². The number of hydrogen-bond donors (Lipinski definition) is 0. The second-order valence-corrected chi connectivity index (χ2v) is 6.32. The number of benzene rings is 1. The van der Waals surface area contributed by atoms with E-state index in [2.05, 4.69) is 15.1 Å². The number of nitrogens with zero attached hydrogens (tertiary/aromatic N) is 6. The lowest BCUT2D eigenvalue weighted by molar-refractivity contribution is 0.595. The van der Waals surface area contributed by atoms with Crippen molar-refractivity contribution in [1.82, 2.24) is 19.6 Å². The molecular weight excluding hydrogens is 350 g/mol. The first-order valence-corrected chi connectivity index (χ1v) is 8.38. The average molecular weight is 368 g/mol. The Morgan fingerprint density at radius 3 is 2.67 bits per heavy atom. The first kappa shape index (κ1) is 18.5. The highest BCUT2D eigenvalue weighted by atomic mass is 19.1. The van der Waals surface area contributed by atoms with Crippen molar-refractivity contribution < 1.29 is 8.78 Å². The summed E-state index contributed by atoms with van der Waals surface area (Å²) in [5.41, 5.74) is 1.25. The van der Waals surface area contributed by atoms with Crippen LogP contribution >= 0.6 is 0 Å². The third-order valence-electron chi connectivity index (χ3n) is 4.05. The lowest BCUT2D eigenvalue weighted by Crippen LogP contribution is -2.21. The minimum atomic E-state index is -0.638. The molecule has 3 rings (SSSR count). The van der Waals surface area contributed by atoms with Gasteiger partial charge in [0.2, 0.25) is 0 Å². The van der Waals surface area contributed by atoms with Gasteiger partial charge in [-0.15, -0.1) is 0 Å². The van der Waals surface area contributed by atoms with Crippen molar-refractivity contribution in [3.8, 4) is 17.2 Å². The molecule has 0 bridgehead atoms. The van der Waals surface area contributed by atoms with Crippen molar-refractivity contribution >= 4 is 11.6 Å². The van der Waals surface area contributed by atoms with Crippen molar-refractivity contribution in [2.75, 3.05) is 11.4 Å². The van der Waals surface area contributed by atoms with Crippen molar-refractivity contribution in [1.29, 1.82) is 5.26 Å². The zero-order valence-corrected chi connectivity index (χ0v) is 15.5. The maximum Gasteiger partial charge on any atom is 0.255 e. The van der Waals surface area contributed by atoms with Gasteiger partial charge in [0.15, 0.2) is 5.69 Å². The standard InChI is InChI=1S/C19H18F2N6/c1-5-26(9-11(2)3)18-17(13-7-14(20)12(4)6-15(13)21)16(8-22)25-19-23-10-24-27(18)19/h6-7,9-10H,5H2,1-4H3. The van der Waals surface area contributed by atoms with Gasteiger partial charge in [-0.1, -0.05) is 5.57 Å². The monoisotopic (exact) mass is 368 g/mol. The van der Waals surface area contributed by atoms with Crippen molar-refractivity contribution in [3.05, 3.63) is 53.1 Å². The topological polar surface area (TPSA) is 70.1 Å². The smallest absolute Gasteiger partial charge is 0.255 e. The van der Waals surface area contributed by atoms with Gasteiger partial charge in [-0.25, -0.2) is 8.78 Å². The van der Waals surface area contributed by atoms with E-state index in [0.717, 1.165) is 17.7 Å². The molecule has 27 heavy (non-hydrogen) atoms. The molecule has 6 nitrogen and oxygen atoms in total. The third-order valence-corrected chi connectivity index (χ3v) is 4.05. The van der Waals surface area contributed by atoms with Gasteiger partial charge in [0.05, 0.1) is 5.56 Å². The van der Waals surface area contributed by atoms with E-state index in [1.807, 2.05) is 37.9 Å². The number of aryl methyl sites for hydroxylation is 1. The van der Waals surface area contributed by atoms with Crippen molar-refractivity contribution in [2.45, 2.75) is 27.7 Å². The van der Waals surface area contributed by atoms with E-state index in [1.54, 1.807) is 0 Å². The maximum absolute atomic E-state index is 14.8. The largest absolute Gasteiger partial charge is 0.333 e. The zero-order valence-electron chi connectivity index (χ0n) is 15.5. The number of aromatic nitrogens is 4. The molecule has 8 heteroatoms. The van der Waals surface area contributed by atoms with E-state index in [4.69, 9.17) is 0 Å². The van der Waals surface area contributed by atoms with Crippen LogP contribution in [0.2, 0.25) is 0 Å². The summed E-state index contributed by atoms with van der Waals surface area (Å²) in [4.78, 5) is 10.0. The minimum absolute atomic E-state index is 0.0462. The molecule has 0 unspecified atom stereocenters. The second kappa shape index (κ2) is 7.11. The van der Waals surface area contributed by atoms with Crippen LogP contribution in [0.3, 0.4) is 0 Å². The number of rotatable bonds is 4. The molecule has 1 aromatic carbocycles. The first-order chi connectivity index (χ1) is 12.9. The van der Waals surface area contributed by atoms with Gasteiger partial charge in [-0.05, 0) is 45.4 Å². The zero-order chi connectivity index (χ0) is 19.7. The quantitative estimate of drug-likeness (QED) is 0.696. The fourth-order valence-electron chi connectivity index (χ4n) is 2.87. The molecule has 0 N–H and O–H groups in total. The average Bonchev–Trinajstić information content (AvgIpc) is 3.09. The third kappa shape index (κ3) is 3.24. The highest BCUT2D eigenvalue weighted by Gasteiger charge is 2.24.